The predicted molar refractivity (Wildman–Crippen MR) is 86.4 cm³/mol. The molecule has 0 unspecified atom stereocenters. The molecule has 0 spiro atoms. The molecule has 5 heteroatoms. The molecule has 5 nitrogen and oxygen atoms in total. The van der Waals surface area contributed by atoms with Gasteiger partial charge in [-0.25, -0.2) is 9.98 Å². The van der Waals surface area contributed by atoms with Crippen LogP contribution in [0, 0.1) is 0 Å². The molecule has 2 aliphatic rings. The molecule has 0 amide bonds. The highest BCUT2D eigenvalue weighted by atomic mass is 15.2. The second kappa shape index (κ2) is 6.78. The number of aliphatic imine (C=N–C) groups is 1. The highest BCUT2D eigenvalue weighted by Crippen LogP contribution is 2.19. The van der Waals surface area contributed by atoms with Crippen molar-refractivity contribution in [2.45, 2.75) is 51.1 Å². The van der Waals surface area contributed by atoms with Crippen LogP contribution in [0.5, 0.6) is 0 Å². The number of anilines is 1. The molecule has 1 aromatic heterocycles. The number of rotatable bonds is 4. The monoisotopic (exact) mass is 287 g/mol. The Balaban J connectivity index is 1.61. The number of hydrogen-bond acceptors (Lipinski definition) is 3. The minimum Gasteiger partial charge on any atom is -0.370 e. The summed E-state index contributed by atoms with van der Waals surface area (Å²) < 4.78 is 0. The molecule has 1 aliphatic heterocycles. The first-order chi connectivity index (χ1) is 10.3. The van der Waals surface area contributed by atoms with Gasteiger partial charge in [0.05, 0.1) is 6.54 Å². The van der Waals surface area contributed by atoms with Gasteiger partial charge in [-0.05, 0) is 43.4 Å². The largest absolute Gasteiger partial charge is 0.370 e. The van der Waals surface area contributed by atoms with Crippen molar-refractivity contribution in [2.75, 3.05) is 18.0 Å². The van der Waals surface area contributed by atoms with Gasteiger partial charge in [0.2, 0.25) is 0 Å². The Hall–Kier alpha value is -1.78. The summed E-state index contributed by atoms with van der Waals surface area (Å²) in [5.74, 6) is 1.64. The Labute approximate surface area is 126 Å². The van der Waals surface area contributed by atoms with E-state index >= 15 is 0 Å². The van der Waals surface area contributed by atoms with E-state index in [4.69, 9.17) is 5.73 Å². The van der Waals surface area contributed by atoms with Gasteiger partial charge in [0.15, 0.2) is 5.96 Å². The van der Waals surface area contributed by atoms with Gasteiger partial charge in [0.25, 0.3) is 0 Å². The highest BCUT2D eigenvalue weighted by Gasteiger charge is 2.21. The quantitative estimate of drug-likeness (QED) is 0.657. The third kappa shape index (κ3) is 4.34. The fourth-order valence-corrected chi connectivity index (χ4v) is 2.69. The molecule has 3 rings (SSSR count). The molecule has 1 saturated carbocycles. The maximum atomic E-state index is 5.88. The smallest absolute Gasteiger partial charge is 0.189 e. The lowest BCUT2D eigenvalue weighted by Crippen LogP contribution is -2.33. The van der Waals surface area contributed by atoms with Gasteiger partial charge in [-0.2, -0.15) is 0 Å². The van der Waals surface area contributed by atoms with Crippen molar-refractivity contribution in [2.24, 2.45) is 10.7 Å². The zero-order valence-electron chi connectivity index (χ0n) is 12.6. The molecule has 2 fully saturated rings. The second-order valence-corrected chi connectivity index (χ2v) is 6.04. The van der Waals surface area contributed by atoms with Gasteiger partial charge in [0, 0.05) is 25.3 Å². The van der Waals surface area contributed by atoms with Gasteiger partial charge in [0.1, 0.15) is 5.82 Å². The van der Waals surface area contributed by atoms with Gasteiger partial charge in [-0.1, -0.05) is 12.8 Å². The molecule has 114 valence electrons. The van der Waals surface area contributed by atoms with Crippen LogP contribution >= 0.6 is 0 Å². The zero-order chi connectivity index (χ0) is 14.5. The first-order valence-electron chi connectivity index (χ1n) is 8.07. The minimum absolute atomic E-state index is 0.554. The topological polar surface area (TPSA) is 66.5 Å². The van der Waals surface area contributed by atoms with Gasteiger partial charge in [-0.3, -0.25) is 0 Å². The molecule has 21 heavy (non-hydrogen) atoms. The molecular weight excluding hydrogens is 262 g/mol. The lowest BCUT2D eigenvalue weighted by atomic mass is 10.2. The summed E-state index contributed by atoms with van der Waals surface area (Å²) in [6, 6.07) is 4.73. The van der Waals surface area contributed by atoms with Crippen LogP contribution in [0.25, 0.3) is 0 Å². The minimum atomic E-state index is 0.554. The molecule has 2 heterocycles. The van der Waals surface area contributed by atoms with Crippen LogP contribution in [-0.4, -0.2) is 30.1 Å². The maximum absolute atomic E-state index is 5.88. The van der Waals surface area contributed by atoms with Crippen LogP contribution in [0.15, 0.2) is 23.3 Å². The molecule has 0 bridgehead atoms. The van der Waals surface area contributed by atoms with Crippen LogP contribution in [0.1, 0.15) is 44.1 Å². The first kappa shape index (κ1) is 14.2. The maximum Gasteiger partial charge on any atom is 0.189 e. The average molecular weight is 287 g/mol. The third-order valence-electron chi connectivity index (χ3n) is 4.10. The summed E-state index contributed by atoms with van der Waals surface area (Å²) in [5.41, 5.74) is 7.05. The number of aromatic nitrogens is 1. The first-order valence-corrected chi connectivity index (χ1v) is 8.07. The molecule has 1 aromatic rings. The second-order valence-electron chi connectivity index (χ2n) is 6.04. The third-order valence-corrected chi connectivity index (χ3v) is 4.10. The van der Waals surface area contributed by atoms with Gasteiger partial charge < -0.3 is 16.0 Å². The number of nitrogens with two attached hydrogens (primary N) is 1. The van der Waals surface area contributed by atoms with Crippen molar-refractivity contribution in [3.05, 3.63) is 23.9 Å². The average Bonchev–Trinajstić information content (AvgIpc) is 3.32. The predicted octanol–water partition coefficient (Wildman–Crippen LogP) is 2.03. The van der Waals surface area contributed by atoms with Crippen LogP contribution in [0.4, 0.5) is 5.82 Å². The van der Waals surface area contributed by atoms with Crippen molar-refractivity contribution in [3.8, 4) is 0 Å². The van der Waals surface area contributed by atoms with Crippen LogP contribution < -0.4 is 16.0 Å². The Kier molecular flexibility index (Phi) is 4.58. The number of nitrogens with zero attached hydrogens (tertiary/aromatic N) is 3. The van der Waals surface area contributed by atoms with E-state index in [0.717, 1.165) is 18.9 Å². The van der Waals surface area contributed by atoms with Crippen LogP contribution in [0.2, 0.25) is 0 Å². The SMILES string of the molecule is NC(=NCc1ccnc(N2CCCCCC2)c1)NC1CC1. The van der Waals surface area contributed by atoms with E-state index in [2.05, 4.69) is 26.3 Å². The Bertz CT molecular complexity index is 487. The zero-order valence-corrected chi connectivity index (χ0v) is 12.6. The lowest BCUT2D eigenvalue weighted by molar-refractivity contribution is 0.726. The molecule has 1 aliphatic carbocycles. The van der Waals surface area contributed by atoms with Crippen molar-refractivity contribution < 1.29 is 0 Å². The van der Waals surface area contributed by atoms with Gasteiger partial charge >= 0.3 is 0 Å². The van der Waals surface area contributed by atoms with E-state index < -0.39 is 0 Å². The summed E-state index contributed by atoms with van der Waals surface area (Å²) in [5, 5.41) is 3.21. The van der Waals surface area contributed by atoms with Crippen LogP contribution in [-0.2, 0) is 6.54 Å². The van der Waals surface area contributed by atoms with Crippen molar-refractivity contribution in [3.63, 3.8) is 0 Å². The molecule has 0 radical (unpaired) electrons. The molecule has 0 atom stereocenters. The van der Waals surface area contributed by atoms with E-state index in [0.29, 0.717) is 18.5 Å². The summed E-state index contributed by atoms with van der Waals surface area (Å²) in [7, 11) is 0. The lowest BCUT2D eigenvalue weighted by Gasteiger charge is -2.21. The van der Waals surface area contributed by atoms with Gasteiger partial charge in [-0.15, -0.1) is 0 Å². The standard InChI is InChI=1S/C16H25N5/c17-16(20-14-5-6-14)19-12-13-7-8-18-15(11-13)21-9-3-1-2-4-10-21/h7-8,11,14H,1-6,9-10,12H2,(H3,17,19,20). The van der Waals surface area contributed by atoms with E-state index in [1.807, 2.05) is 12.3 Å². The van der Waals surface area contributed by atoms with Crippen molar-refractivity contribution >= 4 is 11.8 Å². The highest BCUT2D eigenvalue weighted by molar-refractivity contribution is 5.78. The number of nitrogens with one attached hydrogen (secondary N) is 1. The molecule has 3 N–H and O–H groups in total. The normalized spacial score (nSPS) is 20.2. The summed E-state index contributed by atoms with van der Waals surface area (Å²) >= 11 is 0. The van der Waals surface area contributed by atoms with Crippen molar-refractivity contribution in [1.29, 1.82) is 0 Å². The van der Waals surface area contributed by atoms with E-state index in [-0.39, 0.29) is 0 Å². The van der Waals surface area contributed by atoms with Crippen molar-refractivity contribution in [1.82, 2.24) is 10.3 Å². The molecule has 1 saturated heterocycles. The fourth-order valence-electron chi connectivity index (χ4n) is 2.69. The van der Waals surface area contributed by atoms with Crippen LogP contribution in [0.3, 0.4) is 0 Å². The summed E-state index contributed by atoms with van der Waals surface area (Å²) in [6.45, 7) is 2.85. The Morgan fingerprint density at radius 2 is 2.05 bits per heavy atom. The number of guanidine groups is 1. The number of pyridine rings is 1. The number of hydrogen-bond donors (Lipinski definition) is 2. The summed E-state index contributed by atoms with van der Waals surface area (Å²) in [6.07, 6.45) is 9.52. The summed E-state index contributed by atoms with van der Waals surface area (Å²) in [4.78, 5) is 11.3. The molecule has 0 aromatic carbocycles. The molecular formula is C16H25N5. The Morgan fingerprint density at radius 1 is 1.29 bits per heavy atom. The Morgan fingerprint density at radius 3 is 2.76 bits per heavy atom. The fraction of sp³-hybridized carbons (Fsp3) is 0.625. The van der Waals surface area contributed by atoms with E-state index in [1.165, 1.54) is 44.1 Å². The van der Waals surface area contributed by atoms with E-state index in [9.17, 15) is 0 Å². The van der Waals surface area contributed by atoms with E-state index in [1.54, 1.807) is 0 Å².